The fourth-order valence-corrected chi connectivity index (χ4v) is 0.621. The van der Waals surface area contributed by atoms with Crippen molar-refractivity contribution in [1.82, 2.24) is 0 Å². The molecule has 0 saturated carbocycles. The average molecular weight is 304 g/mol. The molecule has 0 spiro atoms. The molecule has 6 nitrogen and oxygen atoms in total. The van der Waals surface area contributed by atoms with Gasteiger partial charge in [0.2, 0.25) is 0 Å². The van der Waals surface area contributed by atoms with Gasteiger partial charge < -0.3 is 20.1 Å². The highest BCUT2D eigenvalue weighted by molar-refractivity contribution is 5.85. The van der Waals surface area contributed by atoms with Crippen LogP contribution >= 0.6 is 0 Å². The lowest BCUT2D eigenvalue weighted by molar-refractivity contribution is -0.133. The molecule has 0 unspecified atom stereocenters. The Labute approximate surface area is 126 Å². The van der Waals surface area contributed by atoms with Gasteiger partial charge in [0.25, 0.3) is 0 Å². The number of hydrogen-bond acceptors (Lipinski definition) is 4. The molecule has 0 atom stereocenters. The van der Waals surface area contributed by atoms with Gasteiger partial charge in [-0.3, -0.25) is 0 Å². The summed E-state index contributed by atoms with van der Waals surface area (Å²) in [5.41, 5.74) is 0.352. The van der Waals surface area contributed by atoms with Crippen LogP contribution < -0.4 is 0 Å². The fourth-order valence-electron chi connectivity index (χ4n) is 0.621. The summed E-state index contributed by atoms with van der Waals surface area (Å²) >= 11 is 0. The van der Waals surface area contributed by atoms with E-state index in [0.29, 0.717) is 6.61 Å². The van der Waals surface area contributed by atoms with E-state index >= 15 is 0 Å². The van der Waals surface area contributed by atoms with E-state index in [2.05, 4.69) is 20.1 Å². The molecule has 0 fully saturated rings. The van der Waals surface area contributed by atoms with Crippen LogP contribution in [0.5, 0.6) is 0 Å². The van der Waals surface area contributed by atoms with Crippen LogP contribution in [0.25, 0.3) is 0 Å². The summed E-state index contributed by atoms with van der Waals surface area (Å²) in [5, 5.41) is 24.1. The molecule has 0 aliphatic rings. The van der Waals surface area contributed by atoms with Crippen LogP contribution in [-0.4, -0.2) is 47.1 Å². The van der Waals surface area contributed by atoms with Gasteiger partial charge in [-0.15, -0.1) is 0 Å². The largest absolute Gasteiger partial charge is 0.478 e. The van der Waals surface area contributed by atoms with E-state index in [4.69, 9.17) is 20.1 Å². The first kappa shape index (κ1) is 24.4. The summed E-state index contributed by atoms with van der Waals surface area (Å²) in [7, 11) is 0. The number of ether oxygens (including phenoxy) is 1. The lowest BCUT2D eigenvalue weighted by atomic mass is 10.3. The minimum absolute atomic E-state index is 0.145. The highest BCUT2D eigenvalue weighted by Crippen LogP contribution is 1.93. The van der Waals surface area contributed by atoms with Crippen molar-refractivity contribution in [3.8, 4) is 0 Å². The van der Waals surface area contributed by atoms with Gasteiger partial charge >= 0.3 is 11.9 Å². The van der Waals surface area contributed by atoms with Crippen LogP contribution in [-0.2, 0) is 14.3 Å². The number of aliphatic hydroxyl groups is 1. The summed E-state index contributed by atoms with van der Waals surface area (Å²) in [5.74, 6) is -1.87. The Morgan fingerprint density at radius 3 is 1.57 bits per heavy atom. The molecule has 0 aromatic rings. The molecule has 0 aliphatic heterocycles. The van der Waals surface area contributed by atoms with Gasteiger partial charge in [-0.2, -0.15) is 0 Å². The molecule has 0 aromatic carbocycles. The van der Waals surface area contributed by atoms with Crippen LogP contribution in [0, 0.1) is 0 Å². The first-order valence-electron chi connectivity index (χ1n) is 6.66. The Morgan fingerprint density at radius 2 is 1.33 bits per heavy atom. The summed E-state index contributed by atoms with van der Waals surface area (Å²) in [6.07, 6.45) is 3.57. The second kappa shape index (κ2) is 18.3. The van der Waals surface area contributed by atoms with Crippen molar-refractivity contribution in [2.45, 2.75) is 40.0 Å². The Bertz CT molecular complexity index is 255. The minimum atomic E-state index is -0.935. The number of aliphatic hydroxyl groups excluding tert-OH is 1. The van der Waals surface area contributed by atoms with Crippen molar-refractivity contribution in [2.24, 2.45) is 0 Å². The highest BCUT2D eigenvalue weighted by atomic mass is 16.5. The predicted octanol–water partition coefficient (Wildman–Crippen LogP) is 2.48. The van der Waals surface area contributed by atoms with E-state index in [1.54, 1.807) is 0 Å². The lowest BCUT2D eigenvalue weighted by Crippen LogP contribution is -2.00. The summed E-state index contributed by atoms with van der Waals surface area (Å²) in [6, 6.07) is 0. The molecule has 6 heteroatoms. The lowest BCUT2D eigenvalue weighted by Gasteiger charge is -1.98. The molecular formula is C15H28O6. The van der Waals surface area contributed by atoms with Gasteiger partial charge in [0.15, 0.2) is 0 Å². The Morgan fingerprint density at radius 1 is 0.952 bits per heavy atom. The van der Waals surface area contributed by atoms with Gasteiger partial charge in [-0.05, 0) is 20.3 Å². The second-order valence-electron chi connectivity index (χ2n) is 4.21. The number of rotatable bonds is 8. The second-order valence-corrected chi connectivity index (χ2v) is 4.21. The van der Waals surface area contributed by atoms with Crippen LogP contribution in [0.15, 0.2) is 24.3 Å². The minimum Gasteiger partial charge on any atom is -0.478 e. The number of carbonyl (C=O) groups is 2. The number of hydrogen-bond donors (Lipinski definition) is 3. The number of carboxylic acid groups (broad SMARTS) is 2. The van der Waals surface area contributed by atoms with Crippen molar-refractivity contribution >= 4 is 11.9 Å². The molecule has 0 aromatic heterocycles. The van der Waals surface area contributed by atoms with Gasteiger partial charge in [-0.1, -0.05) is 32.9 Å². The number of unbranched alkanes of at least 4 members (excludes halogenated alkanes) is 2. The van der Waals surface area contributed by atoms with Crippen molar-refractivity contribution in [3.63, 3.8) is 0 Å². The van der Waals surface area contributed by atoms with Gasteiger partial charge in [0.1, 0.15) is 0 Å². The normalized spacial score (nSPS) is 8.57. The molecule has 0 saturated heterocycles. The number of carboxylic acids is 2. The zero-order valence-electron chi connectivity index (χ0n) is 13.2. The van der Waals surface area contributed by atoms with E-state index in [9.17, 15) is 9.59 Å². The van der Waals surface area contributed by atoms with E-state index in [-0.39, 0.29) is 17.8 Å². The maximum absolute atomic E-state index is 9.60. The third-order valence-corrected chi connectivity index (χ3v) is 1.86. The predicted molar refractivity (Wildman–Crippen MR) is 82.3 cm³/mol. The van der Waals surface area contributed by atoms with Crippen molar-refractivity contribution < 1.29 is 29.6 Å². The van der Waals surface area contributed by atoms with Gasteiger partial charge in [0.05, 0.1) is 13.2 Å². The van der Waals surface area contributed by atoms with E-state index < -0.39 is 11.9 Å². The molecule has 3 N–H and O–H groups in total. The van der Waals surface area contributed by atoms with Crippen LogP contribution in [0.4, 0.5) is 0 Å². The van der Waals surface area contributed by atoms with Gasteiger partial charge in [-0.25, -0.2) is 9.59 Å². The summed E-state index contributed by atoms with van der Waals surface area (Å²) in [6.45, 7) is 12.8. The van der Waals surface area contributed by atoms with E-state index in [1.807, 2.05) is 0 Å². The monoisotopic (exact) mass is 304 g/mol. The zero-order valence-corrected chi connectivity index (χ0v) is 13.2. The summed E-state index contributed by atoms with van der Waals surface area (Å²) < 4.78 is 5.03. The first-order chi connectivity index (χ1) is 9.70. The number of aliphatic carboxylic acids is 2. The maximum Gasteiger partial charge on any atom is 0.330 e. The summed E-state index contributed by atoms with van der Waals surface area (Å²) in [4.78, 5) is 19.2. The molecule has 0 radical (unpaired) electrons. The zero-order chi connectivity index (χ0) is 17.3. The molecule has 0 heterocycles. The molecule has 0 bridgehead atoms. The third kappa shape index (κ3) is 32.2. The van der Waals surface area contributed by atoms with Crippen LogP contribution in [0.1, 0.15) is 40.0 Å². The molecule has 0 aliphatic carbocycles. The maximum atomic E-state index is 9.60. The smallest absolute Gasteiger partial charge is 0.330 e. The average Bonchev–Trinajstić information content (AvgIpc) is 2.40. The molecule has 0 rings (SSSR count). The van der Waals surface area contributed by atoms with Crippen LogP contribution in [0.3, 0.4) is 0 Å². The van der Waals surface area contributed by atoms with E-state index in [0.717, 1.165) is 13.0 Å². The highest BCUT2D eigenvalue weighted by Gasteiger charge is 1.90. The SMILES string of the molecule is C=C(C)C(=O)O.C=C(C)C(=O)O.CCCCCOCCO. The Balaban J connectivity index is -0.000000240. The van der Waals surface area contributed by atoms with Crippen molar-refractivity contribution in [3.05, 3.63) is 24.3 Å². The molecule has 0 amide bonds. The van der Waals surface area contributed by atoms with Crippen LogP contribution in [0.2, 0.25) is 0 Å². The van der Waals surface area contributed by atoms with Crippen molar-refractivity contribution in [2.75, 3.05) is 19.8 Å². The quantitative estimate of drug-likeness (QED) is 0.470. The van der Waals surface area contributed by atoms with E-state index in [1.165, 1.54) is 26.7 Å². The van der Waals surface area contributed by atoms with Crippen molar-refractivity contribution in [1.29, 1.82) is 0 Å². The Kier molecular flexibility index (Phi) is 21.3. The first-order valence-corrected chi connectivity index (χ1v) is 6.66. The topological polar surface area (TPSA) is 104 Å². The molecular weight excluding hydrogens is 276 g/mol. The molecule has 21 heavy (non-hydrogen) atoms. The molecule has 124 valence electrons. The fraction of sp³-hybridized carbons (Fsp3) is 0.600. The Hall–Kier alpha value is -1.66. The standard InChI is InChI=1S/C7H16O2.2C4H6O2/c1-2-3-4-6-9-7-5-8;2*1-3(2)4(5)6/h8H,2-7H2,1H3;2*1H2,2H3,(H,5,6). The van der Waals surface area contributed by atoms with Gasteiger partial charge in [0, 0.05) is 17.8 Å². The third-order valence-electron chi connectivity index (χ3n) is 1.86.